The van der Waals surface area contributed by atoms with Crippen molar-refractivity contribution in [1.29, 1.82) is 0 Å². The van der Waals surface area contributed by atoms with Crippen molar-refractivity contribution in [3.05, 3.63) is 65.2 Å². The molecule has 0 aliphatic heterocycles. The summed E-state index contributed by atoms with van der Waals surface area (Å²) in [6.07, 6.45) is 0. The van der Waals surface area contributed by atoms with Crippen LogP contribution in [0.3, 0.4) is 0 Å². The first-order chi connectivity index (χ1) is 9.99. The van der Waals surface area contributed by atoms with Gasteiger partial charge < -0.3 is 10.2 Å². The van der Waals surface area contributed by atoms with Crippen molar-refractivity contribution in [2.45, 2.75) is 25.9 Å². The molecule has 0 spiro atoms. The first-order valence-corrected chi connectivity index (χ1v) is 6.82. The first kappa shape index (κ1) is 15.1. The van der Waals surface area contributed by atoms with E-state index in [1.54, 1.807) is 12.1 Å². The van der Waals surface area contributed by atoms with Crippen LogP contribution in [0, 0.1) is 6.92 Å². The highest BCUT2D eigenvalue weighted by Crippen LogP contribution is 2.27. The van der Waals surface area contributed by atoms with E-state index in [1.807, 2.05) is 44.2 Å². The number of carboxylic acids is 1. The molecule has 110 valence electrons. The maximum Gasteiger partial charge on any atom is 0.325 e. The van der Waals surface area contributed by atoms with Gasteiger partial charge in [-0.3, -0.25) is 10.1 Å². The predicted octanol–water partition coefficient (Wildman–Crippen LogP) is 3.18. The van der Waals surface area contributed by atoms with E-state index in [0.717, 1.165) is 11.1 Å². The maximum absolute atomic E-state index is 11.6. The fraction of sp³-hybridized carbons (Fsp3) is 0.235. The zero-order valence-corrected chi connectivity index (χ0v) is 12.1. The van der Waals surface area contributed by atoms with E-state index >= 15 is 0 Å². The average Bonchev–Trinajstić information content (AvgIpc) is 2.48. The zero-order chi connectivity index (χ0) is 15.4. The van der Waals surface area contributed by atoms with Gasteiger partial charge in [0, 0.05) is 11.6 Å². The molecule has 2 unspecified atom stereocenters. The van der Waals surface area contributed by atoms with Crippen molar-refractivity contribution >= 4 is 5.97 Å². The largest absolute Gasteiger partial charge is 0.508 e. The number of carboxylic acid groups (broad SMARTS) is 1. The number of nitrogens with one attached hydrogen (secondary N) is 1. The fourth-order valence-electron chi connectivity index (χ4n) is 2.29. The number of aliphatic carboxylic acids is 1. The van der Waals surface area contributed by atoms with Crippen LogP contribution in [-0.4, -0.2) is 16.2 Å². The van der Waals surface area contributed by atoms with Crippen LogP contribution < -0.4 is 5.32 Å². The first-order valence-electron chi connectivity index (χ1n) is 6.82. The molecule has 0 bridgehead atoms. The van der Waals surface area contributed by atoms with Gasteiger partial charge in [0.15, 0.2) is 0 Å². The third-order valence-corrected chi connectivity index (χ3v) is 3.46. The molecular weight excluding hydrogens is 266 g/mol. The van der Waals surface area contributed by atoms with Gasteiger partial charge in [-0.2, -0.15) is 0 Å². The lowest BCUT2D eigenvalue weighted by atomic mass is 10.0. The molecule has 0 fully saturated rings. The number of phenolic OH excluding ortho intramolecular Hbond substituents is 1. The molecule has 4 nitrogen and oxygen atoms in total. The molecule has 0 aromatic heterocycles. The smallest absolute Gasteiger partial charge is 0.325 e. The summed E-state index contributed by atoms with van der Waals surface area (Å²) in [6.45, 7) is 3.76. The SMILES string of the molecule is Cc1ccc(O)c(C(NC(C)c2ccccc2)C(=O)O)c1. The molecule has 0 radical (unpaired) electrons. The summed E-state index contributed by atoms with van der Waals surface area (Å²) in [5, 5.41) is 22.5. The molecule has 2 aromatic rings. The number of aromatic hydroxyl groups is 1. The van der Waals surface area contributed by atoms with Crippen molar-refractivity contribution in [2.24, 2.45) is 0 Å². The Morgan fingerprint density at radius 3 is 2.43 bits per heavy atom. The Bertz CT molecular complexity index is 625. The number of aryl methyl sites for hydroxylation is 1. The van der Waals surface area contributed by atoms with E-state index < -0.39 is 12.0 Å². The summed E-state index contributed by atoms with van der Waals surface area (Å²) in [6, 6.07) is 13.5. The molecule has 2 aromatic carbocycles. The summed E-state index contributed by atoms with van der Waals surface area (Å²) in [5.41, 5.74) is 2.28. The molecule has 4 heteroatoms. The molecule has 21 heavy (non-hydrogen) atoms. The summed E-state index contributed by atoms with van der Waals surface area (Å²) >= 11 is 0. The Morgan fingerprint density at radius 1 is 1.14 bits per heavy atom. The Labute approximate surface area is 124 Å². The lowest BCUT2D eigenvalue weighted by Gasteiger charge is -2.22. The lowest BCUT2D eigenvalue weighted by Crippen LogP contribution is -2.30. The van der Waals surface area contributed by atoms with Crippen LogP contribution in [0.1, 0.15) is 35.7 Å². The fourth-order valence-corrected chi connectivity index (χ4v) is 2.29. The number of carbonyl (C=O) groups is 1. The Morgan fingerprint density at radius 2 is 1.81 bits per heavy atom. The minimum absolute atomic E-state index is 0.0132. The maximum atomic E-state index is 11.6. The second-order valence-corrected chi connectivity index (χ2v) is 5.13. The van der Waals surface area contributed by atoms with Gasteiger partial charge in [-0.05, 0) is 25.5 Å². The number of hydrogen-bond donors (Lipinski definition) is 3. The predicted molar refractivity (Wildman–Crippen MR) is 81.2 cm³/mol. The molecule has 0 saturated carbocycles. The molecule has 0 amide bonds. The van der Waals surface area contributed by atoms with Crippen LogP contribution in [0.2, 0.25) is 0 Å². The normalized spacial score (nSPS) is 13.6. The highest BCUT2D eigenvalue weighted by Gasteiger charge is 2.25. The standard InChI is InChI=1S/C17H19NO3/c1-11-8-9-15(19)14(10-11)16(17(20)21)18-12(2)13-6-4-3-5-7-13/h3-10,12,16,18-19H,1-2H3,(H,20,21). The summed E-state index contributed by atoms with van der Waals surface area (Å²) < 4.78 is 0. The molecule has 2 atom stereocenters. The van der Waals surface area contributed by atoms with Gasteiger partial charge in [-0.15, -0.1) is 0 Å². The number of hydrogen-bond acceptors (Lipinski definition) is 3. The van der Waals surface area contributed by atoms with E-state index in [4.69, 9.17) is 0 Å². The topological polar surface area (TPSA) is 69.6 Å². The number of benzene rings is 2. The zero-order valence-electron chi connectivity index (χ0n) is 12.1. The summed E-state index contributed by atoms with van der Waals surface area (Å²) in [7, 11) is 0. The van der Waals surface area contributed by atoms with Crippen LogP contribution in [0.15, 0.2) is 48.5 Å². The molecule has 2 rings (SSSR count). The van der Waals surface area contributed by atoms with Crippen molar-refractivity contribution in [1.82, 2.24) is 5.32 Å². The van der Waals surface area contributed by atoms with Crippen molar-refractivity contribution in [2.75, 3.05) is 0 Å². The van der Waals surface area contributed by atoms with Crippen molar-refractivity contribution < 1.29 is 15.0 Å². The third kappa shape index (κ3) is 3.61. The van der Waals surface area contributed by atoms with Crippen molar-refractivity contribution in [3.63, 3.8) is 0 Å². The molecular formula is C17H19NO3. The molecule has 0 aliphatic carbocycles. The average molecular weight is 285 g/mol. The highest BCUT2D eigenvalue weighted by atomic mass is 16.4. The molecule has 0 heterocycles. The van der Waals surface area contributed by atoms with Crippen LogP contribution in [-0.2, 0) is 4.79 Å². The van der Waals surface area contributed by atoms with E-state index in [-0.39, 0.29) is 11.8 Å². The van der Waals surface area contributed by atoms with Gasteiger partial charge in [0.05, 0.1) is 0 Å². The second-order valence-electron chi connectivity index (χ2n) is 5.13. The van der Waals surface area contributed by atoms with E-state index in [2.05, 4.69) is 5.32 Å². The Hall–Kier alpha value is -2.33. The quantitative estimate of drug-likeness (QED) is 0.789. The Balaban J connectivity index is 2.28. The number of phenols is 1. The minimum atomic E-state index is -1.02. The van der Waals surface area contributed by atoms with E-state index in [0.29, 0.717) is 5.56 Å². The van der Waals surface area contributed by atoms with E-state index in [1.165, 1.54) is 6.07 Å². The summed E-state index contributed by atoms with van der Waals surface area (Å²) in [5.74, 6) is -1.03. The third-order valence-electron chi connectivity index (χ3n) is 3.46. The van der Waals surface area contributed by atoms with Crippen LogP contribution >= 0.6 is 0 Å². The van der Waals surface area contributed by atoms with Crippen molar-refractivity contribution in [3.8, 4) is 5.75 Å². The minimum Gasteiger partial charge on any atom is -0.508 e. The summed E-state index contributed by atoms with van der Waals surface area (Å²) in [4.78, 5) is 11.6. The molecule has 0 saturated heterocycles. The van der Waals surface area contributed by atoms with Crippen LogP contribution in [0.25, 0.3) is 0 Å². The lowest BCUT2D eigenvalue weighted by molar-refractivity contribution is -0.140. The van der Waals surface area contributed by atoms with Gasteiger partial charge in [0.25, 0.3) is 0 Å². The van der Waals surface area contributed by atoms with E-state index in [9.17, 15) is 15.0 Å². The van der Waals surface area contributed by atoms with Gasteiger partial charge in [0.2, 0.25) is 0 Å². The molecule has 3 N–H and O–H groups in total. The van der Waals surface area contributed by atoms with Crippen LogP contribution in [0.5, 0.6) is 5.75 Å². The van der Waals surface area contributed by atoms with Gasteiger partial charge in [0.1, 0.15) is 11.8 Å². The Kier molecular flexibility index (Phi) is 4.60. The monoisotopic (exact) mass is 285 g/mol. The van der Waals surface area contributed by atoms with Gasteiger partial charge in [-0.25, -0.2) is 0 Å². The van der Waals surface area contributed by atoms with Gasteiger partial charge in [-0.1, -0.05) is 48.0 Å². The number of rotatable bonds is 5. The van der Waals surface area contributed by atoms with Gasteiger partial charge >= 0.3 is 5.97 Å². The second kappa shape index (κ2) is 6.41. The highest BCUT2D eigenvalue weighted by molar-refractivity contribution is 5.76. The molecule has 0 aliphatic rings. The van der Waals surface area contributed by atoms with Crippen LogP contribution in [0.4, 0.5) is 0 Å².